The highest BCUT2D eigenvalue weighted by molar-refractivity contribution is 7.99. The lowest BCUT2D eigenvalue weighted by molar-refractivity contribution is -0.113. The van der Waals surface area contributed by atoms with Gasteiger partial charge in [-0.05, 0) is 43.2 Å². The quantitative estimate of drug-likeness (QED) is 0.494. The van der Waals surface area contributed by atoms with E-state index in [0.29, 0.717) is 27.6 Å². The summed E-state index contributed by atoms with van der Waals surface area (Å²) in [6, 6.07) is 13.2. The van der Waals surface area contributed by atoms with Crippen LogP contribution < -0.4 is 5.32 Å². The second-order valence-corrected chi connectivity index (χ2v) is 7.78. The van der Waals surface area contributed by atoms with Crippen LogP contribution in [-0.2, 0) is 17.8 Å². The van der Waals surface area contributed by atoms with Crippen LogP contribution in [0, 0.1) is 0 Å². The number of para-hydroxylation sites is 1. The maximum atomic E-state index is 12.4. The Morgan fingerprint density at radius 1 is 1.11 bits per heavy atom. The molecule has 3 aromatic rings. The first kappa shape index (κ1) is 20.7. The van der Waals surface area contributed by atoms with Crippen molar-refractivity contribution in [3.05, 3.63) is 58.1 Å². The number of rotatable bonds is 7. The minimum atomic E-state index is -0.0763. The van der Waals surface area contributed by atoms with E-state index in [4.69, 9.17) is 23.2 Å². The fourth-order valence-electron chi connectivity index (χ4n) is 2.80. The molecule has 0 radical (unpaired) electrons. The molecule has 0 saturated carbocycles. The van der Waals surface area contributed by atoms with Crippen LogP contribution >= 0.6 is 35.0 Å². The second-order valence-electron chi connectivity index (χ2n) is 6.03. The van der Waals surface area contributed by atoms with Crippen molar-refractivity contribution in [2.45, 2.75) is 32.0 Å². The summed E-state index contributed by atoms with van der Waals surface area (Å²) < 4.78 is 1.96. The number of hydrogen-bond donors (Lipinski definition) is 1. The highest BCUT2D eigenvalue weighted by Crippen LogP contribution is 2.29. The zero-order valence-corrected chi connectivity index (χ0v) is 17.9. The van der Waals surface area contributed by atoms with Gasteiger partial charge in [0.2, 0.25) is 5.91 Å². The molecule has 1 aromatic heterocycles. The van der Waals surface area contributed by atoms with Gasteiger partial charge < -0.3 is 9.88 Å². The Bertz CT molecular complexity index is 990. The normalized spacial score (nSPS) is 10.9. The fraction of sp³-hybridized carbons (Fsp3) is 0.250. The summed E-state index contributed by atoms with van der Waals surface area (Å²) in [7, 11) is 0. The van der Waals surface area contributed by atoms with Gasteiger partial charge in [0.05, 0.1) is 15.8 Å². The van der Waals surface area contributed by atoms with Crippen LogP contribution in [0.5, 0.6) is 0 Å². The lowest BCUT2D eigenvalue weighted by atomic mass is 10.1. The third kappa shape index (κ3) is 4.69. The zero-order valence-electron chi connectivity index (χ0n) is 15.6. The molecule has 3 rings (SSSR count). The third-order valence-electron chi connectivity index (χ3n) is 4.22. The molecule has 0 saturated heterocycles. The molecule has 1 heterocycles. The van der Waals surface area contributed by atoms with Gasteiger partial charge in [-0.25, -0.2) is 0 Å². The molecule has 28 heavy (non-hydrogen) atoms. The number of hydrogen-bond acceptors (Lipinski definition) is 4. The predicted octanol–water partition coefficient (Wildman–Crippen LogP) is 5.57. The van der Waals surface area contributed by atoms with Crippen LogP contribution in [0.3, 0.4) is 0 Å². The molecule has 8 heteroatoms. The monoisotopic (exact) mass is 434 g/mol. The number of aryl methyl sites for hydroxylation is 1. The Labute approximate surface area is 178 Å². The van der Waals surface area contributed by atoms with Gasteiger partial charge in [-0.1, -0.05) is 60.1 Å². The van der Waals surface area contributed by atoms with Crippen molar-refractivity contribution >= 4 is 46.6 Å². The van der Waals surface area contributed by atoms with E-state index < -0.39 is 0 Å². The van der Waals surface area contributed by atoms with E-state index in [-0.39, 0.29) is 11.7 Å². The number of benzene rings is 2. The molecule has 0 spiro atoms. The summed E-state index contributed by atoms with van der Waals surface area (Å²) in [5, 5.41) is 13.1. The molecular formula is C20H20Cl2N4OS. The lowest BCUT2D eigenvalue weighted by Gasteiger charge is -2.10. The number of carbonyl (C=O) groups excluding carboxylic acids is 1. The Hall–Kier alpha value is -2.02. The van der Waals surface area contributed by atoms with Crippen molar-refractivity contribution in [1.82, 2.24) is 14.8 Å². The van der Waals surface area contributed by atoms with Crippen molar-refractivity contribution in [3.8, 4) is 11.4 Å². The molecule has 0 fully saturated rings. The Balaban J connectivity index is 1.72. The van der Waals surface area contributed by atoms with Crippen molar-refractivity contribution in [2.75, 3.05) is 11.1 Å². The maximum absolute atomic E-state index is 12.4. The van der Waals surface area contributed by atoms with Crippen molar-refractivity contribution < 1.29 is 4.79 Å². The highest BCUT2D eigenvalue weighted by Gasteiger charge is 2.16. The lowest BCUT2D eigenvalue weighted by Crippen LogP contribution is -2.15. The number of aromatic nitrogens is 3. The van der Waals surface area contributed by atoms with Gasteiger partial charge in [0.15, 0.2) is 11.0 Å². The topological polar surface area (TPSA) is 59.8 Å². The van der Waals surface area contributed by atoms with Crippen LogP contribution in [0.15, 0.2) is 47.6 Å². The Kier molecular flexibility index (Phi) is 6.99. The largest absolute Gasteiger partial charge is 0.325 e. The molecule has 0 unspecified atom stereocenters. The number of carbonyl (C=O) groups is 1. The summed E-state index contributed by atoms with van der Waals surface area (Å²) >= 11 is 13.5. The number of anilines is 1. The van der Waals surface area contributed by atoms with E-state index in [9.17, 15) is 4.79 Å². The van der Waals surface area contributed by atoms with E-state index in [0.717, 1.165) is 23.2 Å². The molecule has 1 N–H and O–H groups in total. The van der Waals surface area contributed by atoms with Gasteiger partial charge in [0.25, 0.3) is 0 Å². The molecule has 146 valence electrons. The van der Waals surface area contributed by atoms with Gasteiger partial charge in [-0.3, -0.25) is 4.79 Å². The SMILES string of the molecule is CCc1ccccc1NC(=O)CSc1nnc(-c2ccc(Cl)c(Cl)c2)n1CC. The first-order chi connectivity index (χ1) is 13.5. The number of nitrogens with one attached hydrogen (secondary N) is 1. The van der Waals surface area contributed by atoms with E-state index in [1.54, 1.807) is 12.1 Å². The molecular weight excluding hydrogens is 415 g/mol. The van der Waals surface area contributed by atoms with Crippen molar-refractivity contribution in [2.24, 2.45) is 0 Å². The zero-order chi connectivity index (χ0) is 20.1. The van der Waals surface area contributed by atoms with Gasteiger partial charge >= 0.3 is 0 Å². The van der Waals surface area contributed by atoms with Crippen LogP contribution in [-0.4, -0.2) is 26.4 Å². The van der Waals surface area contributed by atoms with E-state index in [2.05, 4.69) is 22.4 Å². The third-order valence-corrected chi connectivity index (χ3v) is 5.92. The standard InChI is InChI=1S/C20H20Cl2N4OS/c1-3-13-7-5-6-8-17(13)23-18(27)12-28-20-25-24-19(26(20)4-2)14-9-10-15(21)16(22)11-14/h5-11H,3-4,12H2,1-2H3,(H,23,27). The van der Waals surface area contributed by atoms with Crippen LogP contribution in [0.1, 0.15) is 19.4 Å². The van der Waals surface area contributed by atoms with E-state index in [1.165, 1.54) is 11.8 Å². The molecule has 0 aliphatic heterocycles. The minimum Gasteiger partial charge on any atom is -0.325 e. The first-order valence-electron chi connectivity index (χ1n) is 8.92. The summed E-state index contributed by atoms with van der Waals surface area (Å²) in [4.78, 5) is 12.4. The molecule has 0 aliphatic carbocycles. The molecule has 0 atom stereocenters. The molecule has 0 bridgehead atoms. The number of halogens is 2. The predicted molar refractivity (Wildman–Crippen MR) is 116 cm³/mol. The van der Waals surface area contributed by atoms with Gasteiger partial charge in [0.1, 0.15) is 0 Å². The summed E-state index contributed by atoms with van der Waals surface area (Å²) in [6.45, 7) is 4.74. The fourth-order valence-corrected chi connectivity index (χ4v) is 3.90. The van der Waals surface area contributed by atoms with Crippen LogP contribution in [0.2, 0.25) is 10.0 Å². The first-order valence-corrected chi connectivity index (χ1v) is 10.7. The smallest absolute Gasteiger partial charge is 0.234 e. The Morgan fingerprint density at radius 2 is 1.89 bits per heavy atom. The average molecular weight is 435 g/mol. The van der Waals surface area contributed by atoms with Crippen LogP contribution in [0.25, 0.3) is 11.4 Å². The molecule has 5 nitrogen and oxygen atoms in total. The van der Waals surface area contributed by atoms with Gasteiger partial charge in [0, 0.05) is 17.8 Å². The van der Waals surface area contributed by atoms with Crippen LogP contribution in [0.4, 0.5) is 5.69 Å². The molecule has 1 amide bonds. The summed E-state index contributed by atoms with van der Waals surface area (Å²) in [5.74, 6) is 0.866. The Morgan fingerprint density at radius 3 is 2.61 bits per heavy atom. The van der Waals surface area contributed by atoms with Crippen molar-refractivity contribution in [1.29, 1.82) is 0 Å². The minimum absolute atomic E-state index is 0.0763. The summed E-state index contributed by atoms with van der Waals surface area (Å²) in [5.41, 5.74) is 2.79. The highest BCUT2D eigenvalue weighted by atomic mass is 35.5. The number of thioether (sulfide) groups is 1. The number of amides is 1. The van der Waals surface area contributed by atoms with E-state index >= 15 is 0 Å². The average Bonchev–Trinajstić information content (AvgIpc) is 3.12. The van der Waals surface area contributed by atoms with Gasteiger partial charge in [-0.15, -0.1) is 10.2 Å². The molecule has 0 aliphatic rings. The van der Waals surface area contributed by atoms with Gasteiger partial charge in [-0.2, -0.15) is 0 Å². The maximum Gasteiger partial charge on any atom is 0.234 e. The second kappa shape index (κ2) is 9.45. The number of nitrogens with zero attached hydrogens (tertiary/aromatic N) is 3. The van der Waals surface area contributed by atoms with E-state index in [1.807, 2.05) is 41.8 Å². The summed E-state index contributed by atoms with van der Waals surface area (Å²) in [6.07, 6.45) is 0.862. The van der Waals surface area contributed by atoms with Crippen molar-refractivity contribution in [3.63, 3.8) is 0 Å². The molecule has 2 aromatic carbocycles.